The molecule has 0 spiro atoms. The van der Waals surface area contributed by atoms with Crippen molar-refractivity contribution in [3.8, 4) is 0 Å². The second-order valence-electron chi connectivity index (χ2n) is 5.52. The molecule has 1 fully saturated rings. The molecule has 1 amide bonds. The van der Waals surface area contributed by atoms with E-state index < -0.39 is 12.6 Å². The molecule has 1 aromatic heterocycles. The molecule has 0 aromatic carbocycles. The third-order valence-electron chi connectivity index (χ3n) is 3.96. The van der Waals surface area contributed by atoms with Crippen molar-refractivity contribution in [2.45, 2.75) is 25.6 Å². The highest BCUT2D eigenvalue weighted by Gasteiger charge is 2.25. The van der Waals surface area contributed by atoms with E-state index in [4.69, 9.17) is 5.73 Å². The molecule has 0 aliphatic carbocycles. The average molecular weight is 347 g/mol. The van der Waals surface area contributed by atoms with E-state index in [0.717, 1.165) is 10.3 Å². The van der Waals surface area contributed by atoms with Crippen LogP contribution in [0.5, 0.6) is 0 Å². The van der Waals surface area contributed by atoms with E-state index in [9.17, 15) is 13.6 Å². The van der Waals surface area contributed by atoms with Crippen molar-refractivity contribution in [3.05, 3.63) is 18.2 Å². The minimum Gasteiger partial charge on any atom is -0.339 e. The van der Waals surface area contributed by atoms with Crippen molar-refractivity contribution in [1.82, 2.24) is 19.4 Å². The molecule has 0 saturated carbocycles. The number of alkyl halides is 2. The van der Waals surface area contributed by atoms with Gasteiger partial charge in [-0.05, 0) is 18.4 Å². The fourth-order valence-electron chi connectivity index (χ4n) is 2.57. The van der Waals surface area contributed by atoms with Crippen LogP contribution in [0.15, 0.2) is 12.4 Å². The molecule has 130 valence electrons. The van der Waals surface area contributed by atoms with Gasteiger partial charge in [-0.2, -0.15) is 20.5 Å². The van der Waals surface area contributed by atoms with Crippen LogP contribution in [0.2, 0.25) is 0 Å². The number of hydrogen-bond acceptors (Lipinski definition) is 5. The number of rotatable bonds is 7. The third-order valence-corrected chi connectivity index (χ3v) is 4.60. The quantitative estimate of drug-likeness (QED) is 0.797. The molecule has 1 aliphatic heterocycles. The summed E-state index contributed by atoms with van der Waals surface area (Å²) in [6, 6.07) is -0.452. The van der Waals surface area contributed by atoms with Crippen molar-refractivity contribution in [1.29, 1.82) is 0 Å². The first kappa shape index (κ1) is 18.2. The molecule has 2 rings (SSSR count). The number of imidazole rings is 1. The number of nitrogens with two attached hydrogens (primary N) is 1. The first-order valence-corrected chi connectivity index (χ1v) is 8.98. The van der Waals surface area contributed by atoms with Crippen LogP contribution in [0, 0.1) is 0 Å². The predicted octanol–water partition coefficient (Wildman–Crippen LogP) is 1.00. The van der Waals surface area contributed by atoms with Crippen LogP contribution in [0.25, 0.3) is 0 Å². The monoisotopic (exact) mass is 347 g/mol. The van der Waals surface area contributed by atoms with Gasteiger partial charge in [0.15, 0.2) is 0 Å². The van der Waals surface area contributed by atoms with E-state index in [1.54, 1.807) is 16.7 Å². The van der Waals surface area contributed by atoms with E-state index in [-0.39, 0.29) is 5.91 Å². The van der Waals surface area contributed by atoms with E-state index in [2.05, 4.69) is 4.98 Å². The zero-order chi connectivity index (χ0) is 16.8. The van der Waals surface area contributed by atoms with E-state index in [0.29, 0.717) is 45.0 Å². The Morgan fingerprint density at radius 1 is 1.39 bits per heavy atom. The van der Waals surface area contributed by atoms with Gasteiger partial charge in [0.1, 0.15) is 5.82 Å². The molecule has 0 unspecified atom stereocenters. The van der Waals surface area contributed by atoms with Gasteiger partial charge in [-0.1, -0.05) is 0 Å². The van der Waals surface area contributed by atoms with Gasteiger partial charge in [-0.25, -0.2) is 4.98 Å². The Bertz CT molecular complexity index is 505. The molecule has 1 atom stereocenters. The minimum absolute atomic E-state index is 0.0206. The smallest absolute Gasteiger partial charge is 0.319 e. The van der Waals surface area contributed by atoms with Crippen molar-refractivity contribution in [3.63, 3.8) is 0 Å². The Morgan fingerprint density at radius 3 is 2.70 bits per heavy atom. The first-order valence-electron chi connectivity index (χ1n) is 7.58. The van der Waals surface area contributed by atoms with Crippen molar-refractivity contribution < 1.29 is 13.6 Å². The molecule has 2 heterocycles. The zero-order valence-electron chi connectivity index (χ0n) is 13.2. The van der Waals surface area contributed by atoms with Gasteiger partial charge in [0.2, 0.25) is 5.91 Å². The third kappa shape index (κ3) is 4.89. The van der Waals surface area contributed by atoms with Gasteiger partial charge in [-0.15, -0.1) is 0 Å². The normalized spacial score (nSPS) is 17.7. The Labute approximate surface area is 139 Å². The fourth-order valence-corrected chi connectivity index (χ4v) is 3.06. The van der Waals surface area contributed by atoms with E-state index >= 15 is 0 Å². The summed E-state index contributed by atoms with van der Waals surface area (Å²) in [5.74, 6) is 1.19. The molecular formula is C14H23F2N5OS. The van der Waals surface area contributed by atoms with Gasteiger partial charge in [0.25, 0.3) is 0 Å². The summed E-state index contributed by atoms with van der Waals surface area (Å²) >= 11 is 1.67. The number of aromatic nitrogens is 2. The maximum atomic E-state index is 12.8. The number of amides is 1. The lowest BCUT2D eigenvalue weighted by atomic mass is 10.2. The molecule has 1 saturated heterocycles. The molecule has 9 heteroatoms. The molecular weight excluding hydrogens is 324 g/mol. The predicted molar refractivity (Wildman–Crippen MR) is 86.3 cm³/mol. The highest BCUT2D eigenvalue weighted by Crippen LogP contribution is 2.15. The number of carbonyl (C=O) groups excluding carboxylic acids is 1. The van der Waals surface area contributed by atoms with Crippen LogP contribution >= 0.6 is 11.8 Å². The zero-order valence-corrected chi connectivity index (χ0v) is 14.0. The van der Waals surface area contributed by atoms with Crippen LogP contribution in [0.1, 0.15) is 18.8 Å². The van der Waals surface area contributed by atoms with Crippen molar-refractivity contribution >= 4 is 17.7 Å². The lowest BCUT2D eigenvalue weighted by Gasteiger charge is -2.35. The topological polar surface area (TPSA) is 67.4 Å². The van der Waals surface area contributed by atoms with Crippen LogP contribution < -0.4 is 5.73 Å². The largest absolute Gasteiger partial charge is 0.339 e. The molecule has 0 bridgehead atoms. The molecule has 1 aromatic rings. The lowest BCUT2D eigenvalue weighted by molar-refractivity contribution is -0.134. The van der Waals surface area contributed by atoms with Crippen LogP contribution in [-0.4, -0.2) is 69.5 Å². The maximum absolute atomic E-state index is 12.8. The van der Waals surface area contributed by atoms with Gasteiger partial charge >= 0.3 is 6.55 Å². The SMILES string of the molecule is CSCC[C@H](N)C(=O)N1CCN(Cc2nccn2C(F)F)CC1. The molecule has 1 aliphatic rings. The second kappa shape index (κ2) is 8.60. The maximum Gasteiger partial charge on any atom is 0.319 e. The van der Waals surface area contributed by atoms with Crippen LogP contribution in [-0.2, 0) is 11.3 Å². The number of piperazine rings is 1. The van der Waals surface area contributed by atoms with Gasteiger partial charge in [-0.3, -0.25) is 14.3 Å². The van der Waals surface area contributed by atoms with E-state index in [1.165, 1.54) is 12.4 Å². The molecule has 0 radical (unpaired) electrons. The number of thioether (sulfide) groups is 1. The first-order chi connectivity index (χ1) is 11.0. The Kier molecular flexibility index (Phi) is 6.79. The summed E-state index contributed by atoms with van der Waals surface area (Å²) in [6.07, 6.45) is 5.32. The summed E-state index contributed by atoms with van der Waals surface area (Å²) < 4.78 is 26.5. The molecule has 6 nitrogen and oxygen atoms in total. The van der Waals surface area contributed by atoms with Crippen molar-refractivity contribution in [2.75, 3.05) is 38.2 Å². The van der Waals surface area contributed by atoms with Gasteiger partial charge in [0.05, 0.1) is 12.6 Å². The Balaban J connectivity index is 1.82. The summed E-state index contributed by atoms with van der Waals surface area (Å²) in [5.41, 5.74) is 5.92. The van der Waals surface area contributed by atoms with Crippen molar-refractivity contribution in [2.24, 2.45) is 5.73 Å². The number of nitrogens with zero attached hydrogens (tertiary/aromatic N) is 4. The van der Waals surface area contributed by atoms with Gasteiger partial charge < -0.3 is 10.6 Å². The van der Waals surface area contributed by atoms with E-state index in [1.807, 2.05) is 11.2 Å². The minimum atomic E-state index is -2.58. The number of halogens is 2. The Morgan fingerprint density at radius 2 is 2.09 bits per heavy atom. The van der Waals surface area contributed by atoms with Gasteiger partial charge in [0, 0.05) is 38.6 Å². The lowest BCUT2D eigenvalue weighted by Crippen LogP contribution is -2.53. The second-order valence-corrected chi connectivity index (χ2v) is 6.50. The number of carbonyl (C=O) groups is 1. The van der Waals surface area contributed by atoms with Crippen LogP contribution in [0.4, 0.5) is 8.78 Å². The molecule has 23 heavy (non-hydrogen) atoms. The number of hydrogen-bond donors (Lipinski definition) is 1. The highest BCUT2D eigenvalue weighted by atomic mass is 32.2. The Hall–Kier alpha value is -1.19. The fraction of sp³-hybridized carbons (Fsp3) is 0.714. The standard InChI is InChI=1S/C14H23F2N5OS/c1-23-9-2-11(17)13(22)20-7-5-19(6-8-20)10-12-18-3-4-21(12)14(15)16/h3-4,11,14H,2,5-10,17H2,1H3/t11-/m0/s1. The van der Waals surface area contributed by atoms with Crippen LogP contribution in [0.3, 0.4) is 0 Å². The average Bonchev–Trinajstić information content (AvgIpc) is 3.01. The highest BCUT2D eigenvalue weighted by molar-refractivity contribution is 7.98. The summed E-state index contributed by atoms with van der Waals surface area (Å²) in [6.45, 7) is 0.193. The molecule has 2 N–H and O–H groups in total. The summed E-state index contributed by atoms with van der Waals surface area (Å²) in [5, 5.41) is 0. The summed E-state index contributed by atoms with van der Waals surface area (Å²) in [4.78, 5) is 20.0. The summed E-state index contributed by atoms with van der Waals surface area (Å²) in [7, 11) is 0.